The number of thiazole rings is 1. The lowest BCUT2D eigenvalue weighted by Crippen LogP contribution is -2.30. The Hall–Kier alpha value is -0.940. The first-order valence-corrected chi connectivity index (χ1v) is 5.56. The van der Waals surface area contributed by atoms with Crippen LogP contribution in [0.2, 0.25) is 0 Å². The Morgan fingerprint density at radius 2 is 2.57 bits per heavy atom. The van der Waals surface area contributed by atoms with Gasteiger partial charge in [0.15, 0.2) is 0 Å². The summed E-state index contributed by atoms with van der Waals surface area (Å²) in [6.07, 6.45) is 1.21. The molecule has 0 aliphatic carbocycles. The van der Waals surface area contributed by atoms with Crippen LogP contribution >= 0.6 is 11.3 Å². The molecule has 1 amide bonds. The highest BCUT2D eigenvalue weighted by atomic mass is 32.1. The number of aromatic nitrogens is 1. The fourth-order valence-corrected chi connectivity index (χ4v) is 1.53. The summed E-state index contributed by atoms with van der Waals surface area (Å²) in [5.74, 6) is -0.00708. The Bertz CT molecular complexity index is 274. The zero-order chi connectivity index (χ0) is 10.4. The van der Waals surface area contributed by atoms with Crippen LogP contribution in [0.5, 0.6) is 0 Å². The van der Waals surface area contributed by atoms with E-state index < -0.39 is 0 Å². The smallest absolute Gasteiger partial charge is 0.221 e. The van der Waals surface area contributed by atoms with Crippen LogP contribution in [0.15, 0.2) is 10.9 Å². The van der Waals surface area contributed by atoms with Gasteiger partial charge < -0.3 is 11.1 Å². The molecular weight excluding hydrogens is 198 g/mol. The molecule has 0 spiro atoms. The van der Waals surface area contributed by atoms with E-state index in [1.807, 2.05) is 12.3 Å². The second-order valence-electron chi connectivity index (χ2n) is 3.13. The maximum atomic E-state index is 11.3. The van der Waals surface area contributed by atoms with Gasteiger partial charge in [-0.3, -0.25) is 4.79 Å². The highest BCUT2D eigenvalue weighted by Gasteiger charge is 2.07. The predicted octanol–water partition coefficient (Wildman–Crippen LogP) is 0.887. The molecule has 0 aromatic carbocycles. The molecule has 1 unspecified atom stereocenters. The van der Waals surface area contributed by atoms with E-state index in [1.54, 1.807) is 5.51 Å². The Balaban J connectivity index is 2.22. The zero-order valence-corrected chi connectivity index (χ0v) is 9.01. The van der Waals surface area contributed by atoms with Gasteiger partial charge in [0.05, 0.1) is 17.7 Å². The van der Waals surface area contributed by atoms with Crippen molar-refractivity contribution in [3.8, 4) is 0 Å². The number of nitrogens with two attached hydrogens (primary N) is 1. The van der Waals surface area contributed by atoms with E-state index in [1.165, 1.54) is 11.3 Å². The monoisotopic (exact) mass is 213 g/mol. The van der Waals surface area contributed by atoms with Crippen molar-refractivity contribution in [3.05, 3.63) is 16.6 Å². The maximum absolute atomic E-state index is 11.3. The number of carbonyl (C=O) groups excluding carboxylic acids is 1. The van der Waals surface area contributed by atoms with Gasteiger partial charge in [-0.2, -0.15) is 0 Å². The summed E-state index contributed by atoms with van der Waals surface area (Å²) in [6.45, 7) is 2.47. The van der Waals surface area contributed by atoms with Gasteiger partial charge in [0, 0.05) is 17.8 Å². The van der Waals surface area contributed by atoms with Gasteiger partial charge in [0.25, 0.3) is 0 Å². The van der Waals surface area contributed by atoms with E-state index in [9.17, 15) is 4.79 Å². The van der Waals surface area contributed by atoms with Crippen molar-refractivity contribution in [3.63, 3.8) is 0 Å². The molecule has 0 bridgehead atoms. The lowest BCUT2D eigenvalue weighted by atomic mass is 10.1. The number of rotatable bonds is 5. The molecule has 78 valence electrons. The molecule has 1 rings (SSSR count). The molecule has 0 saturated carbocycles. The Morgan fingerprint density at radius 3 is 3.14 bits per heavy atom. The van der Waals surface area contributed by atoms with Crippen molar-refractivity contribution in [2.75, 3.05) is 0 Å². The van der Waals surface area contributed by atoms with Crippen molar-refractivity contribution in [2.45, 2.75) is 32.4 Å². The van der Waals surface area contributed by atoms with Crippen molar-refractivity contribution < 1.29 is 4.79 Å². The molecule has 0 aliphatic rings. The van der Waals surface area contributed by atoms with Crippen LogP contribution < -0.4 is 11.1 Å². The topological polar surface area (TPSA) is 68.0 Å². The van der Waals surface area contributed by atoms with Crippen LogP contribution in [-0.2, 0) is 11.3 Å². The predicted molar refractivity (Wildman–Crippen MR) is 56.8 cm³/mol. The first-order chi connectivity index (χ1) is 6.72. The molecule has 1 aromatic rings. The number of amides is 1. The second-order valence-corrected chi connectivity index (χ2v) is 3.85. The minimum Gasteiger partial charge on any atom is -0.350 e. The minimum absolute atomic E-state index is 0.00708. The number of hydrogen-bond donors (Lipinski definition) is 2. The average molecular weight is 213 g/mol. The lowest BCUT2D eigenvalue weighted by molar-refractivity contribution is -0.121. The minimum atomic E-state index is -0.0366. The molecule has 1 heterocycles. The van der Waals surface area contributed by atoms with Gasteiger partial charge in [-0.05, 0) is 6.42 Å². The highest BCUT2D eigenvalue weighted by molar-refractivity contribution is 7.07. The Kier molecular flexibility index (Phi) is 4.55. The summed E-state index contributed by atoms with van der Waals surface area (Å²) in [5, 5.41) is 4.69. The van der Waals surface area contributed by atoms with Crippen molar-refractivity contribution >= 4 is 17.2 Å². The summed E-state index contributed by atoms with van der Waals surface area (Å²) in [7, 11) is 0. The first-order valence-electron chi connectivity index (χ1n) is 4.61. The van der Waals surface area contributed by atoms with E-state index in [0.29, 0.717) is 13.0 Å². The molecule has 14 heavy (non-hydrogen) atoms. The Labute approximate surface area is 87.5 Å². The standard InChI is InChI=1S/C9H15N3OS/c1-2-7(10)3-9(13)11-4-8-5-14-6-12-8/h5-7H,2-4,10H2,1H3,(H,11,13). The first kappa shape index (κ1) is 11.1. The van der Waals surface area contributed by atoms with Crippen LogP contribution in [0.4, 0.5) is 0 Å². The third-order valence-corrected chi connectivity index (χ3v) is 2.56. The highest BCUT2D eigenvalue weighted by Crippen LogP contribution is 2.00. The SMILES string of the molecule is CCC(N)CC(=O)NCc1cscn1. The summed E-state index contributed by atoms with van der Waals surface area (Å²) in [4.78, 5) is 15.4. The van der Waals surface area contributed by atoms with E-state index in [0.717, 1.165) is 12.1 Å². The van der Waals surface area contributed by atoms with Gasteiger partial charge >= 0.3 is 0 Å². The van der Waals surface area contributed by atoms with E-state index in [4.69, 9.17) is 5.73 Å². The molecular formula is C9H15N3OS. The van der Waals surface area contributed by atoms with Crippen LogP contribution in [0, 0.1) is 0 Å². The van der Waals surface area contributed by atoms with Crippen LogP contribution in [0.1, 0.15) is 25.5 Å². The lowest BCUT2D eigenvalue weighted by Gasteiger charge is -2.08. The fourth-order valence-electron chi connectivity index (χ4n) is 0.969. The molecule has 4 nitrogen and oxygen atoms in total. The van der Waals surface area contributed by atoms with E-state index >= 15 is 0 Å². The molecule has 0 fully saturated rings. The van der Waals surface area contributed by atoms with Gasteiger partial charge in [-0.1, -0.05) is 6.92 Å². The molecule has 0 radical (unpaired) electrons. The largest absolute Gasteiger partial charge is 0.350 e. The summed E-state index contributed by atoms with van der Waals surface area (Å²) >= 11 is 1.52. The fraction of sp³-hybridized carbons (Fsp3) is 0.556. The average Bonchev–Trinajstić information content (AvgIpc) is 2.67. The number of hydrogen-bond acceptors (Lipinski definition) is 4. The van der Waals surface area contributed by atoms with Crippen molar-refractivity contribution in [1.29, 1.82) is 0 Å². The zero-order valence-electron chi connectivity index (χ0n) is 8.19. The molecule has 1 atom stereocenters. The molecule has 5 heteroatoms. The van der Waals surface area contributed by atoms with Gasteiger partial charge in [0.2, 0.25) is 5.91 Å². The molecule has 3 N–H and O–H groups in total. The molecule has 0 saturated heterocycles. The summed E-state index contributed by atoms with van der Waals surface area (Å²) in [6, 6.07) is -0.0366. The van der Waals surface area contributed by atoms with Gasteiger partial charge in [-0.15, -0.1) is 11.3 Å². The second kappa shape index (κ2) is 5.72. The molecule has 0 aliphatic heterocycles. The van der Waals surface area contributed by atoms with E-state index in [-0.39, 0.29) is 11.9 Å². The molecule has 1 aromatic heterocycles. The quantitative estimate of drug-likeness (QED) is 0.763. The third kappa shape index (κ3) is 3.85. The van der Waals surface area contributed by atoms with Gasteiger partial charge in [-0.25, -0.2) is 4.98 Å². The summed E-state index contributed by atoms with van der Waals surface area (Å²) < 4.78 is 0. The third-order valence-electron chi connectivity index (χ3n) is 1.92. The van der Waals surface area contributed by atoms with E-state index in [2.05, 4.69) is 10.3 Å². The van der Waals surface area contributed by atoms with Crippen molar-refractivity contribution in [1.82, 2.24) is 10.3 Å². The number of carbonyl (C=O) groups is 1. The number of nitrogens with zero attached hydrogens (tertiary/aromatic N) is 1. The van der Waals surface area contributed by atoms with Crippen LogP contribution in [-0.4, -0.2) is 16.9 Å². The van der Waals surface area contributed by atoms with Crippen LogP contribution in [0.25, 0.3) is 0 Å². The number of nitrogens with one attached hydrogen (secondary N) is 1. The van der Waals surface area contributed by atoms with Crippen molar-refractivity contribution in [2.24, 2.45) is 5.73 Å². The maximum Gasteiger partial charge on any atom is 0.221 e. The Morgan fingerprint density at radius 1 is 1.79 bits per heavy atom. The summed E-state index contributed by atoms with van der Waals surface area (Å²) in [5.41, 5.74) is 8.29. The van der Waals surface area contributed by atoms with Crippen LogP contribution in [0.3, 0.4) is 0 Å². The van der Waals surface area contributed by atoms with Gasteiger partial charge in [0.1, 0.15) is 0 Å². The normalized spacial score (nSPS) is 12.4.